The smallest absolute Gasteiger partial charge is 0.260 e. The first-order chi connectivity index (χ1) is 13.4. The van der Waals surface area contributed by atoms with Crippen LogP contribution >= 0.6 is 81.2 Å². The maximum absolute atomic E-state index is 13.0. The average molecular weight is 542 g/mol. The molecule has 5 aliphatic rings. The lowest BCUT2D eigenvalue weighted by molar-refractivity contribution is -0.189. The van der Waals surface area contributed by atoms with Crippen LogP contribution in [0.1, 0.15) is 6.92 Å². The van der Waals surface area contributed by atoms with E-state index in [2.05, 4.69) is 0 Å². The van der Waals surface area contributed by atoms with E-state index in [0.717, 1.165) is 5.06 Å². The largest absolute Gasteiger partial charge is 0.373 e. The number of hydrogen-bond donors (Lipinski definition) is 0. The van der Waals surface area contributed by atoms with Crippen LogP contribution in [0.2, 0.25) is 0 Å². The van der Waals surface area contributed by atoms with Gasteiger partial charge in [-0.25, -0.2) is 0 Å². The van der Waals surface area contributed by atoms with Gasteiger partial charge in [0.05, 0.1) is 40.7 Å². The fourth-order valence-corrected chi connectivity index (χ4v) is 8.75. The molecule has 0 spiro atoms. The van der Waals surface area contributed by atoms with Crippen molar-refractivity contribution in [3.63, 3.8) is 0 Å². The van der Waals surface area contributed by atoms with Crippen LogP contribution < -0.4 is 0 Å². The van der Waals surface area contributed by atoms with Crippen LogP contribution in [0.3, 0.4) is 0 Å². The van der Waals surface area contributed by atoms with Crippen molar-refractivity contribution in [2.45, 2.75) is 33.2 Å². The summed E-state index contributed by atoms with van der Waals surface area (Å²) in [6.07, 6.45) is 0.0362. The monoisotopic (exact) mass is 539 g/mol. The zero-order valence-electron chi connectivity index (χ0n) is 14.5. The molecule has 158 valence electrons. The number of imide groups is 1. The van der Waals surface area contributed by atoms with Gasteiger partial charge in [0, 0.05) is 16.9 Å². The molecule has 1 saturated carbocycles. The van der Waals surface area contributed by atoms with Crippen LogP contribution in [0.15, 0.2) is 21.2 Å². The number of nitrogens with zero attached hydrogens (tertiary/aromatic N) is 1. The number of carbonyl (C=O) groups is 2. The van der Waals surface area contributed by atoms with Gasteiger partial charge >= 0.3 is 0 Å². The summed E-state index contributed by atoms with van der Waals surface area (Å²) >= 11 is 45.6. The molecule has 5 nitrogen and oxygen atoms in total. The highest BCUT2D eigenvalue weighted by atomic mass is 35.5. The number of carbonyl (C=O) groups excluding carboxylic acids is 2. The highest BCUT2D eigenvalue weighted by molar-refractivity contribution is 6.65. The van der Waals surface area contributed by atoms with Gasteiger partial charge in [-0.3, -0.25) is 14.4 Å². The lowest BCUT2D eigenvalue weighted by Crippen LogP contribution is -2.50. The normalized spacial score (nSPS) is 49.5. The number of fused-ring (bicyclic) bond motifs is 12. The van der Waals surface area contributed by atoms with Crippen LogP contribution in [0.5, 0.6) is 0 Å². The number of amides is 2. The molecule has 2 amide bonds. The van der Waals surface area contributed by atoms with E-state index in [4.69, 9.17) is 90.8 Å². The van der Waals surface area contributed by atoms with Gasteiger partial charge in [0.1, 0.15) is 9.75 Å². The third-order valence-electron chi connectivity index (χ3n) is 6.71. The van der Waals surface area contributed by atoms with Gasteiger partial charge in [0.25, 0.3) is 11.8 Å². The van der Waals surface area contributed by atoms with Gasteiger partial charge in [-0.2, -0.15) is 5.06 Å². The first-order valence-corrected chi connectivity index (χ1v) is 11.4. The number of hydroxylamine groups is 2. The molecule has 12 heteroatoms. The summed E-state index contributed by atoms with van der Waals surface area (Å²) in [6.45, 7) is 1.63. The number of alkyl halides is 4. The van der Waals surface area contributed by atoms with Crippen LogP contribution in [-0.4, -0.2) is 49.8 Å². The molecule has 0 aromatic carbocycles. The summed E-state index contributed by atoms with van der Waals surface area (Å²) < 4.78 is 4.31. The minimum absolute atomic E-state index is 0.0279. The molecule has 4 fully saturated rings. The molecule has 4 bridgehead atoms. The van der Waals surface area contributed by atoms with Gasteiger partial charge in [-0.15, -0.1) is 23.2 Å². The van der Waals surface area contributed by atoms with Crippen molar-refractivity contribution < 1.29 is 19.2 Å². The summed E-state index contributed by atoms with van der Waals surface area (Å²) in [6, 6.07) is 0. The molecule has 2 aliphatic carbocycles. The van der Waals surface area contributed by atoms with Gasteiger partial charge in [0.2, 0.25) is 0 Å². The predicted molar refractivity (Wildman–Crippen MR) is 110 cm³/mol. The SMILES string of the molecule is C/C(Cl)=C\CON1C(=O)[C@@H]2[C@H]3O[C@H]([C@H]2C1=O)[C@@H]1[C@@H]3[C@]2(Cl)C(Cl)=C(Cl)[C@]1(Cl)C2(Cl)Cl. The van der Waals surface area contributed by atoms with Gasteiger partial charge in [-0.1, -0.05) is 58.0 Å². The predicted octanol–water partition coefficient (Wildman–Crippen LogP) is 4.52. The Labute approximate surface area is 201 Å². The zero-order valence-corrected chi connectivity index (χ0v) is 19.8. The van der Waals surface area contributed by atoms with E-state index < -0.39 is 61.8 Å². The van der Waals surface area contributed by atoms with Crippen molar-refractivity contribution in [3.8, 4) is 0 Å². The van der Waals surface area contributed by atoms with Crippen LogP contribution in [0.25, 0.3) is 0 Å². The quantitative estimate of drug-likeness (QED) is 0.389. The molecule has 29 heavy (non-hydrogen) atoms. The van der Waals surface area contributed by atoms with E-state index in [9.17, 15) is 9.59 Å². The van der Waals surface area contributed by atoms with E-state index in [-0.39, 0.29) is 16.7 Å². The molecule has 5 rings (SSSR count). The molecule has 0 aromatic rings. The van der Waals surface area contributed by atoms with Crippen molar-refractivity contribution in [1.82, 2.24) is 5.06 Å². The number of hydrogen-bond acceptors (Lipinski definition) is 4. The van der Waals surface area contributed by atoms with E-state index >= 15 is 0 Å². The topological polar surface area (TPSA) is 55.8 Å². The maximum Gasteiger partial charge on any atom is 0.260 e. The van der Waals surface area contributed by atoms with Crippen molar-refractivity contribution in [2.75, 3.05) is 6.61 Å². The number of halogens is 7. The highest BCUT2D eigenvalue weighted by Crippen LogP contribution is 2.81. The van der Waals surface area contributed by atoms with Crippen LogP contribution in [0, 0.1) is 23.7 Å². The van der Waals surface area contributed by atoms with E-state index in [1.165, 1.54) is 6.08 Å². The Balaban J connectivity index is 1.54. The molecule has 0 N–H and O–H groups in total. The Morgan fingerprint density at radius 1 is 1.03 bits per heavy atom. The minimum Gasteiger partial charge on any atom is -0.373 e. The Hall–Kier alpha value is 0.570. The van der Waals surface area contributed by atoms with E-state index in [1.807, 2.05) is 0 Å². The molecule has 0 radical (unpaired) electrons. The van der Waals surface area contributed by atoms with Crippen LogP contribution in [0.4, 0.5) is 0 Å². The number of allylic oxidation sites excluding steroid dienone is 3. The van der Waals surface area contributed by atoms with Gasteiger partial charge < -0.3 is 4.74 Å². The summed E-state index contributed by atoms with van der Waals surface area (Å²) in [5.41, 5.74) is 0. The van der Waals surface area contributed by atoms with Crippen molar-refractivity contribution in [2.24, 2.45) is 23.7 Å². The van der Waals surface area contributed by atoms with E-state index in [0.29, 0.717) is 5.03 Å². The molecular weight excluding hydrogens is 530 g/mol. The number of ether oxygens (including phenoxy) is 1. The summed E-state index contributed by atoms with van der Waals surface area (Å²) in [4.78, 5) is 28.2. The van der Waals surface area contributed by atoms with E-state index in [1.54, 1.807) is 6.92 Å². The molecule has 8 atom stereocenters. The second kappa shape index (κ2) is 6.33. The van der Waals surface area contributed by atoms with Gasteiger partial charge in [0.15, 0.2) is 4.33 Å². The minimum atomic E-state index is -1.74. The Bertz CT molecular complexity index is 859. The van der Waals surface area contributed by atoms with Crippen molar-refractivity contribution in [3.05, 3.63) is 21.2 Å². The summed E-state index contributed by atoms with van der Waals surface area (Å²) in [7, 11) is 0. The van der Waals surface area contributed by atoms with Gasteiger partial charge in [-0.05, 0) is 13.0 Å². The first kappa shape index (κ1) is 21.4. The summed E-state index contributed by atoms with van der Waals surface area (Å²) in [5.74, 6) is -3.81. The average Bonchev–Trinajstić information content (AvgIpc) is 3.33. The lowest BCUT2D eigenvalue weighted by Gasteiger charge is -2.39. The lowest BCUT2D eigenvalue weighted by atomic mass is 9.65. The Morgan fingerprint density at radius 3 is 1.90 bits per heavy atom. The molecular formula is C17H12Cl7NO4. The fourth-order valence-electron chi connectivity index (χ4n) is 5.62. The molecule has 3 heterocycles. The zero-order chi connectivity index (χ0) is 21.3. The molecule has 0 aromatic heterocycles. The Morgan fingerprint density at radius 2 is 1.48 bits per heavy atom. The summed E-state index contributed by atoms with van der Waals surface area (Å²) in [5, 5.41) is 1.33. The number of rotatable bonds is 3. The maximum atomic E-state index is 13.0. The standard InChI is InChI=1S/C17H12Cl7NO4/c1-4(18)2-3-28-25-13(26)5-6(14(25)27)10-8-7(9(5)29-10)15(21)11(19)12(20)16(8,22)17(15,23)24/h2,5-10H,3H2,1H3/b4-2+/t5-,6-,7-,8-,9+,10+,15-,16-/m0/s1. The molecule has 3 saturated heterocycles. The third-order valence-corrected chi connectivity index (χ3v) is 11.2. The second-order valence-electron chi connectivity index (χ2n) is 7.85. The Kier molecular flexibility index (Phi) is 4.68. The highest BCUT2D eigenvalue weighted by Gasteiger charge is 2.90. The molecule has 0 unspecified atom stereocenters. The fraction of sp³-hybridized carbons (Fsp3) is 0.647. The van der Waals surface area contributed by atoms with Crippen LogP contribution in [-0.2, 0) is 19.2 Å². The third kappa shape index (κ3) is 2.16. The van der Waals surface area contributed by atoms with Crippen molar-refractivity contribution in [1.29, 1.82) is 0 Å². The first-order valence-electron chi connectivity index (χ1n) is 8.72. The molecule has 3 aliphatic heterocycles. The second-order valence-corrected chi connectivity index (χ2v) is 11.7. The van der Waals surface area contributed by atoms with Crippen molar-refractivity contribution >= 4 is 93.0 Å².